The van der Waals surface area contributed by atoms with Crippen LogP contribution in [-0.2, 0) is 61.9 Å². The van der Waals surface area contributed by atoms with E-state index in [2.05, 4.69) is 32.6 Å². The van der Waals surface area contributed by atoms with Crippen LogP contribution in [0.1, 0.15) is 241 Å². The Morgan fingerprint density at radius 2 is 0.703 bits per heavy atom. The molecule has 1 rings (SSSR count). The number of hydrogen-bond donors (Lipinski definition) is 0. The maximum absolute atomic E-state index is 13.7. The minimum absolute atomic E-state index is 0.0270. The summed E-state index contributed by atoms with van der Waals surface area (Å²) in [4.78, 5) is 95.5. The summed E-state index contributed by atoms with van der Waals surface area (Å²) in [5, 5.41) is 0. The van der Waals surface area contributed by atoms with Crippen molar-refractivity contribution in [3.63, 3.8) is 0 Å². The first-order valence-electron chi connectivity index (χ1n) is 29.5. The molecule has 0 radical (unpaired) electrons. The number of piperidine rings is 1. The fraction of sp³-hybridized carbons (Fsp3) is 0.879. The SMILES string of the molecule is CCCCCCCCC(=O)OCC(COC(=O)CCCCCCCC)CC(=O)O[C@@H]1C[C@H](OC(=O)CC(COC(=O)CCCCCCCC)COC(=O)CCCCCCCC)CN(C(=O)OCCN(CC)CC)C1. The van der Waals surface area contributed by atoms with Crippen molar-refractivity contribution in [3.8, 4) is 0 Å². The normalized spacial score (nSPS) is 14.5. The van der Waals surface area contributed by atoms with E-state index in [1.807, 2.05) is 13.8 Å². The molecule has 0 bridgehead atoms. The maximum Gasteiger partial charge on any atom is 0.410 e. The number of amides is 1. The molecule has 1 amide bonds. The van der Waals surface area contributed by atoms with Gasteiger partial charge in [-0.05, 0) is 38.8 Å². The van der Waals surface area contributed by atoms with E-state index in [9.17, 15) is 33.6 Å². The van der Waals surface area contributed by atoms with Crippen LogP contribution in [0.25, 0.3) is 0 Å². The summed E-state index contributed by atoms with van der Waals surface area (Å²) in [6.07, 6.45) is 22.4. The molecule has 1 fully saturated rings. The number of likely N-dealkylation sites (tertiary alicyclic amines) is 1. The third-order valence-corrected chi connectivity index (χ3v) is 13.5. The predicted molar refractivity (Wildman–Crippen MR) is 287 cm³/mol. The van der Waals surface area contributed by atoms with Gasteiger partial charge in [0.25, 0.3) is 0 Å². The molecule has 0 aromatic rings. The molecule has 16 heteroatoms. The topological polar surface area (TPSA) is 191 Å². The lowest BCUT2D eigenvalue weighted by atomic mass is 10.0. The first-order valence-corrected chi connectivity index (χ1v) is 29.5. The number of ether oxygens (including phenoxy) is 7. The van der Waals surface area contributed by atoms with Gasteiger partial charge in [0.1, 0.15) is 18.8 Å². The molecule has 74 heavy (non-hydrogen) atoms. The van der Waals surface area contributed by atoms with Gasteiger partial charge in [0.2, 0.25) is 0 Å². The molecule has 1 heterocycles. The summed E-state index contributed by atoms with van der Waals surface area (Å²) in [6.45, 7) is 14.2. The maximum atomic E-state index is 13.7. The highest BCUT2D eigenvalue weighted by Gasteiger charge is 2.36. The van der Waals surface area contributed by atoms with Crippen molar-refractivity contribution in [2.75, 3.05) is 65.8 Å². The van der Waals surface area contributed by atoms with Gasteiger partial charge in [-0.15, -0.1) is 0 Å². The number of rotatable bonds is 47. The van der Waals surface area contributed by atoms with E-state index < -0.39 is 42.1 Å². The molecule has 1 saturated heterocycles. The van der Waals surface area contributed by atoms with E-state index in [0.29, 0.717) is 32.2 Å². The molecule has 0 unspecified atom stereocenters. The Morgan fingerprint density at radius 3 is 1.00 bits per heavy atom. The van der Waals surface area contributed by atoms with E-state index >= 15 is 0 Å². The van der Waals surface area contributed by atoms with Crippen molar-refractivity contribution < 1.29 is 66.7 Å². The van der Waals surface area contributed by atoms with Crippen LogP contribution in [0.5, 0.6) is 0 Å². The second-order valence-electron chi connectivity index (χ2n) is 20.4. The van der Waals surface area contributed by atoms with E-state index in [1.165, 1.54) is 4.90 Å². The van der Waals surface area contributed by atoms with Crippen LogP contribution in [-0.4, -0.2) is 130 Å². The van der Waals surface area contributed by atoms with Crippen LogP contribution in [0.3, 0.4) is 0 Å². The molecule has 16 nitrogen and oxygen atoms in total. The lowest BCUT2D eigenvalue weighted by Gasteiger charge is -2.36. The van der Waals surface area contributed by atoms with Crippen molar-refractivity contribution in [2.45, 2.75) is 253 Å². The molecule has 430 valence electrons. The second kappa shape index (κ2) is 46.4. The van der Waals surface area contributed by atoms with E-state index in [1.54, 1.807) is 0 Å². The minimum atomic E-state index is -0.905. The Morgan fingerprint density at radius 1 is 0.405 bits per heavy atom. The van der Waals surface area contributed by atoms with Gasteiger partial charge >= 0.3 is 41.9 Å². The van der Waals surface area contributed by atoms with Crippen LogP contribution in [0.4, 0.5) is 4.79 Å². The number of esters is 6. The average Bonchev–Trinajstić information content (AvgIpc) is 3.38. The van der Waals surface area contributed by atoms with Gasteiger partial charge in [-0.3, -0.25) is 28.8 Å². The smallest absolute Gasteiger partial charge is 0.410 e. The number of hydrogen-bond acceptors (Lipinski definition) is 15. The number of carbonyl (C=O) groups is 7. The highest BCUT2D eigenvalue weighted by Crippen LogP contribution is 2.22. The average molecular weight is 1050 g/mol. The van der Waals surface area contributed by atoms with E-state index in [0.717, 1.165) is 142 Å². The van der Waals surface area contributed by atoms with Crippen molar-refractivity contribution in [3.05, 3.63) is 0 Å². The monoisotopic (exact) mass is 1050 g/mol. The lowest BCUT2D eigenvalue weighted by molar-refractivity contribution is -0.166. The Hall–Kier alpha value is -3.95. The van der Waals surface area contributed by atoms with Crippen molar-refractivity contribution in [2.24, 2.45) is 11.8 Å². The molecule has 1 aliphatic heterocycles. The Labute approximate surface area is 447 Å². The highest BCUT2D eigenvalue weighted by atomic mass is 16.6. The van der Waals surface area contributed by atoms with Gasteiger partial charge in [0.15, 0.2) is 0 Å². The minimum Gasteiger partial charge on any atom is -0.465 e. The molecule has 2 atom stereocenters. The fourth-order valence-electron chi connectivity index (χ4n) is 8.82. The molecule has 0 aliphatic carbocycles. The van der Waals surface area contributed by atoms with Crippen LogP contribution in [0, 0.1) is 11.8 Å². The standard InChI is InChI=1S/C58H104N2O14/c1-7-13-17-21-25-29-33-52(61)69-44-48(45-70-53(62)34-30-26-22-18-14-8-2)39-56(65)73-50-41-51(43-60(42-50)58(67)68-38-37-59(11-5)12-6)74-57(66)40-49(46-71-54(63)35-31-27-23-19-15-9-3)47-72-55(64)36-32-28-24-20-16-10-4/h48-51H,7-47H2,1-6H3/t50-,51+. The lowest BCUT2D eigenvalue weighted by Crippen LogP contribution is -2.51. The van der Waals surface area contributed by atoms with Crippen molar-refractivity contribution in [1.29, 1.82) is 0 Å². The summed E-state index contributed by atoms with van der Waals surface area (Å²) in [6, 6.07) is 0. The summed E-state index contributed by atoms with van der Waals surface area (Å²) in [5.41, 5.74) is 0. The summed E-state index contributed by atoms with van der Waals surface area (Å²) < 4.78 is 40.0. The van der Waals surface area contributed by atoms with Gasteiger partial charge < -0.3 is 43.0 Å². The second-order valence-corrected chi connectivity index (χ2v) is 20.4. The number of likely N-dealkylation sites (N-methyl/N-ethyl adjacent to an activating group) is 1. The number of unbranched alkanes of at least 4 members (excludes halogenated alkanes) is 20. The number of nitrogens with zero attached hydrogens (tertiary/aromatic N) is 2. The third kappa shape index (κ3) is 37.7. The summed E-state index contributed by atoms with van der Waals surface area (Å²) in [7, 11) is 0. The quantitative estimate of drug-likeness (QED) is 0.0317. The first-order chi connectivity index (χ1) is 35.9. The van der Waals surface area contributed by atoms with Crippen LogP contribution >= 0.6 is 0 Å². The van der Waals surface area contributed by atoms with E-state index in [-0.39, 0.29) is 115 Å². The number of carbonyl (C=O) groups excluding carboxylic acids is 7. The first kappa shape index (κ1) is 68.1. The van der Waals surface area contributed by atoms with Crippen LogP contribution < -0.4 is 0 Å². The zero-order valence-corrected chi connectivity index (χ0v) is 47.4. The molecule has 0 spiro atoms. The fourth-order valence-corrected chi connectivity index (χ4v) is 8.82. The molecular weight excluding hydrogens is 949 g/mol. The molecule has 0 aromatic heterocycles. The van der Waals surface area contributed by atoms with Gasteiger partial charge in [0.05, 0.1) is 52.4 Å². The zero-order valence-electron chi connectivity index (χ0n) is 47.4. The van der Waals surface area contributed by atoms with E-state index in [4.69, 9.17) is 33.2 Å². The van der Waals surface area contributed by atoms with Gasteiger partial charge in [-0.2, -0.15) is 0 Å². The molecule has 1 aliphatic rings. The molecular formula is C58H104N2O14. The van der Waals surface area contributed by atoms with Gasteiger partial charge in [0, 0.05) is 50.5 Å². The van der Waals surface area contributed by atoms with Crippen molar-refractivity contribution >= 4 is 41.9 Å². The molecule has 0 N–H and O–H groups in total. The Kier molecular flexibility index (Phi) is 42.6. The summed E-state index contributed by atoms with van der Waals surface area (Å²) in [5.74, 6) is -4.22. The Balaban J connectivity index is 3.15. The van der Waals surface area contributed by atoms with Crippen LogP contribution in [0.2, 0.25) is 0 Å². The third-order valence-electron chi connectivity index (χ3n) is 13.5. The van der Waals surface area contributed by atoms with Gasteiger partial charge in [-0.1, -0.05) is 170 Å². The summed E-state index contributed by atoms with van der Waals surface area (Å²) >= 11 is 0. The predicted octanol–water partition coefficient (Wildman–Crippen LogP) is 12.2. The van der Waals surface area contributed by atoms with Crippen molar-refractivity contribution in [1.82, 2.24) is 9.80 Å². The Bertz CT molecular complexity index is 1340. The van der Waals surface area contributed by atoms with Crippen LogP contribution in [0.15, 0.2) is 0 Å². The zero-order chi connectivity index (χ0) is 54.4. The molecule has 0 saturated carbocycles. The highest BCUT2D eigenvalue weighted by molar-refractivity contribution is 5.73. The van der Waals surface area contributed by atoms with Gasteiger partial charge in [-0.25, -0.2) is 4.79 Å². The largest absolute Gasteiger partial charge is 0.465 e. The molecule has 0 aromatic carbocycles.